The Bertz CT molecular complexity index is 646. The topological polar surface area (TPSA) is 56.3 Å². The molecule has 0 amide bonds. The summed E-state index contributed by atoms with van der Waals surface area (Å²) >= 11 is 0. The van der Waals surface area contributed by atoms with Gasteiger partial charge in [-0.25, -0.2) is 8.42 Å². The highest BCUT2D eigenvalue weighted by Gasteiger charge is 2.06. The molecule has 1 heterocycles. The molecule has 0 aliphatic heterocycles. The molecule has 0 atom stereocenters. The smallest absolute Gasteiger partial charge is 0.175 e. The minimum Gasteiger partial charge on any atom is -0.487 e. The van der Waals surface area contributed by atoms with Gasteiger partial charge in [-0.15, -0.1) is 0 Å². The van der Waals surface area contributed by atoms with E-state index in [0.29, 0.717) is 17.3 Å². The number of rotatable bonds is 4. The second-order valence-electron chi connectivity index (χ2n) is 4.34. The van der Waals surface area contributed by atoms with Gasteiger partial charge < -0.3 is 4.74 Å². The van der Waals surface area contributed by atoms with Crippen molar-refractivity contribution in [1.82, 2.24) is 4.98 Å². The van der Waals surface area contributed by atoms with E-state index in [4.69, 9.17) is 4.74 Å². The van der Waals surface area contributed by atoms with Crippen LogP contribution < -0.4 is 4.74 Å². The maximum atomic E-state index is 11.3. The predicted molar refractivity (Wildman–Crippen MR) is 72.9 cm³/mol. The first kappa shape index (κ1) is 13.5. The zero-order chi connectivity index (χ0) is 13.9. The van der Waals surface area contributed by atoms with Gasteiger partial charge in [-0.05, 0) is 36.8 Å². The van der Waals surface area contributed by atoms with Crippen molar-refractivity contribution in [3.63, 3.8) is 0 Å². The number of sulfone groups is 1. The molecular formula is C14H15NO3S. The van der Waals surface area contributed by atoms with Gasteiger partial charge in [0.15, 0.2) is 9.84 Å². The van der Waals surface area contributed by atoms with E-state index in [1.165, 1.54) is 6.26 Å². The maximum Gasteiger partial charge on any atom is 0.175 e. The molecule has 0 saturated carbocycles. The lowest BCUT2D eigenvalue weighted by Crippen LogP contribution is -1.99. The molecule has 0 fully saturated rings. The van der Waals surface area contributed by atoms with Gasteiger partial charge in [0, 0.05) is 11.9 Å². The van der Waals surface area contributed by atoms with Crippen LogP contribution in [0.25, 0.3) is 0 Å². The van der Waals surface area contributed by atoms with Gasteiger partial charge in [-0.2, -0.15) is 0 Å². The molecule has 5 heteroatoms. The number of pyridine rings is 1. The van der Waals surface area contributed by atoms with E-state index < -0.39 is 9.84 Å². The number of aromatic nitrogens is 1. The van der Waals surface area contributed by atoms with Crippen molar-refractivity contribution < 1.29 is 13.2 Å². The van der Waals surface area contributed by atoms with Crippen molar-refractivity contribution in [2.24, 2.45) is 0 Å². The van der Waals surface area contributed by atoms with Crippen molar-refractivity contribution in [3.05, 3.63) is 53.9 Å². The lowest BCUT2D eigenvalue weighted by molar-refractivity contribution is 0.305. The van der Waals surface area contributed by atoms with Crippen LogP contribution in [0.1, 0.15) is 11.3 Å². The maximum absolute atomic E-state index is 11.3. The van der Waals surface area contributed by atoms with Crippen LogP contribution in [0.4, 0.5) is 0 Å². The van der Waals surface area contributed by atoms with Crippen LogP contribution in [-0.2, 0) is 16.4 Å². The van der Waals surface area contributed by atoms with E-state index in [0.717, 1.165) is 11.3 Å². The second-order valence-corrected chi connectivity index (χ2v) is 6.36. The largest absolute Gasteiger partial charge is 0.487 e. The highest BCUT2D eigenvalue weighted by molar-refractivity contribution is 7.90. The third-order valence-electron chi connectivity index (χ3n) is 2.64. The Morgan fingerprint density at radius 2 is 1.79 bits per heavy atom. The molecule has 0 unspecified atom stereocenters. The van der Waals surface area contributed by atoms with E-state index >= 15 is 0 Å². The molecule has 100 valence electrons. The first-order chi connectivity index (χ1) is 8.95. The molecule has 0 aliphatic rings. The van der Waals surface area contributed by atoms with Gasteiger partial charge in [0.05, 0.1) is 11.1 Å². The summed E-state index contributed by atoms with van der Waals surface area (Å²) in [6.07, 6.45) is 2.86. The Hall–Kier alpha value is -1.88. The molecule has 2 aromatic rings. The Morgan fingerprint density at radius 1 is 1.11 bits per heavy atom. The molecular weight excluding hydrogens is 262 g/mol. The van der Waals surface area contributed by atoms with Crippen molar-refractivity contribution >= 4 is 9.84 Å². The van der Waals surface area contributed by atoms with E-state index in [-0.39, 0.29) is 0 Å². The first-order valence-electron chi connectivity index (χ1n) is 5.79. The van der Waals surface area contributed by atoms with Gasteiger partial charge in [0.1, 0.15) is 12.4 Å². The standard InChI is InChI=1S/C14H15NO3S/c1-11-3-6-13(9-15-11)18-10-12-4-7-14(8-5-12)19(2,16)17/h3-9H,10H2,1-2H3. The number of aryl methyl sites for hydroxylation is 1. The SMILES string of the molecule is Cc1ccc(OCc2ccc(S(C)(=O)=O)cc2)cn1. The van der Waals surface area contributed by atoms with Gasteiger partial charge in [0.2, 0.25) is 0 Å². The van der Waals surface area contributed by atoms with Gasteiger partial charge in [-0.1, -0.05) is 12.1 Å². The normalized spacial score (nSPS) is 11.3. The fourth-order valence-electron chi connectivity index (χ4n) is 1.54. The second kappa shape index (κ2) is 5.40. The minimum absolute atomic E-state index is 0.313. The summed E-state index contributed by atoms with van der Waals surface area (Å²) in [5, 5.41) is 0. The number of ether oxygens (including phenoxy) is 1. The number of hydrogen-bond acceptors (Lipinski definition) is 4. The van der Waals surface area contributed by atoms with E-state index in [1.807, 2.05) is 19.1 Å². The van der Waals surface area contributed by atoms with Crippen LogP contribution in [0, 0.1) is 6.92 Å². The molecule has 0 aliphatic carbocycles. The monoisotopic (exact) mass is 277 g/mol. The molecule has 1 aromatic carbocycles. The van der Waals surface area contributed by atoms with Gasteiger partial charge >= 0.3 is 0 Å². The fraction of sp³-hybridized carbons (Fsp3) is 0.214. The summed E-state index contributed by atoms with van der Waals surface area (Å²) < 4.78 is 28.2. The van der Waals surface area contributed by atoms with Gasteiger partial charge in [-0.3, -0.25) is 4.98 Å². The van der Waals surface area contributed by atoms with Crippen LogP contribution in [0.3, 0.4) is 0 Å². The Kier molecular flexibility index (Phi) is 3.85. The molecule has 19 heavy (non-hydrogen) atoms. The summed E-state index contributed by atoms with van der Waals surface area (Å²) in [5.41, 5.74) is 1.85. The molecule has 1 aromatic heterocycles. The summed E-state index contributed by atoms with van der Waals surface area (Å²) in [7, 11) is -3.14. The van der Waals surface area contributed by atoms with Crippen molar-refractivity contribution in [2.45, 2.75) is 18.4 Å². The van der Waals surface area contributed by atoms with Crippen LogP contribution in [0.2, 0.25) is 0 Å². The van der Waals surface area contributed by atoms with Gasteiger partial charge in [0.25, 0.3) is 0 Å². The number of hydrogen-bond donors (Lipinski definition) is 0. The summed E-state index contributed by atoms with van der Waals surface area (Å²) in [6, 6.07) is 10.4. The van der Waals surface area contributed by atoms with Crippen molar-refractivity contribution in [1.29, 1.82) is 0 Å². The molecule has 0 bridgehead atoms. The lowest BCUT2D eigenvalue weighted by Gasteiger charge is -2.06. The van der Waals surface area contributed by atoms with Crippen LogP contribution in [0.5, 0.6) is 5.75 Å². The molecule has 0 radical (unpaired) electrons. The molecule has 0 N–H and O–H groups in total. The Balaban J connectivity index is 2.02. The summed E-state index contributed by atoms with van der Waals surface area (Å²) in [4.78, 5) is 4.45. The molecule has 0 saturated heterocycles. The van der Waals surface area contributed by atoms with Crippen LogP contribution in [0.15, 0.2) is 47.5 Å². The lowest BCUT2D eigenvalue weighted by atomic mass is 10.2. The van der Waals surface area contributed by atoms with E-state index in [1.54, 1.807) is 30.5 Å². The predicted octanol–water partition coefficient (Wildman–Crippen LogP) is 2.37. The third kappa shape index (κ3) is 3.79. The van der Waals surface area contributed by atoms with Crippen LogP contribution in [-0.4, -0.2) is 19.7 Å². The number of nitrogens with zero attached hydrogens (tertiary/aromatic N) is 1. The summed E-state index contributed by atoms with van der Waals surface area (Å²) in [6.45, 7) is 2.29. The highest BCUT2D eigenvalue weighted by Crippen LogP contribution is 2.14. The Morgan fingerprint density at radius 3 is 2.32 bits per heavy atom. The van der Waals surface area contributed by atoms with Crippen molar-refractivity contribution in [2.75, 3.05) is 6.26 Å². The Labute approximate surface area is 113 Å². The average molecular weight is 277 g/mol. The highest BCUT2D eigenvalue weighted by atomic mass is 32.2. The molecule has 2 rings (SSSR count). The number of benzene rings is 1. The van der Waals surface area contributed by atoms with Crippen molar-refractivity contribution in [3.8, 4) is 5.75 Å². The zero-order valence-electron chi connectivity index (χ0n) is 10.8. The average Bonchev–Trinajstić information content (AvgIpc) is 2.37. The fourth-order valence-corrected chi connectivity index (χ4v) is 2.17. The quantitative estimate of drug-likeness (QED) is 0.861. The first-order valence-corrected chi connectivity index (χ1v) is 7.69. The van der Waals surface area contributed by atoms with E-state index in [9.17, 15) is 8.42 Å². The van der Waals surface area contributed by atoms with Crippen LogP contribution >= 0.6 is 0 Å². The molecule has 4 nitrogen and oxygen atoms in total. The molecule has 0 spiro atoms. The van der Waals surface area contributed by atoms with E-state index in [2.05, 4.69) is 4.98 Å². The zero-order valence-corrected chi connectivity index (χ0v) is 11.6. The summed E-state index contributed by atoms with van der Waals surface area (Å²) in [5.74, 6) is 0.692. The third-order valence-corrected chi connectivity index (χ3v) is 3.77. The minimum atomic E-state index is -3.14.